The topological polar surface area (TPSA) is 59.2 Å². The lowest BCUT2D eigenvalue weighted by Gasteiger charge is -2.06. The largest absolute Gasteiger partial charge is 0.466 e. The van der Waals surface area contributed by atoms with E-state index in [4.69, 9.17) is 4.74 Å². The van der Waals surface area contributed by atoms with Crippen LogP contribution in [0.3, 0.4) is 0 Å². The number of carbonyl (C=O) groups excluding carboxylic acids is 2. The molecule has 0 saturated carbocycles. The van der Waals surface area contributed by atoms with Crippen LogP contribution in [0.1, 0.15) is 107 Å². The van der Waals surface area contributed by atoms with Gasteiger partial charge < -0.3 is 9.72 Å². The summed E-state index contributed by atoms with van der Waals surface area (Å²) in [4.78, 5) is 28.1. The van der Waals surface area contributed by atoms with Gasteiger partial charge in [0.2, 0.25) is 0 Å². The Hall–Kier alpha value is -2.10. The van der Waals surface area contributed by atoms with Crippen LogP contribution in [0, 0.1) is 0 Å². The van der Waals surface area contributed by atoms with E-state index in [2.05, 4.69) is 11.9 Å². The van der Waals surface area contributed by atoms with Crippen LogP contribution in [0.5, 0.6) is 0 Å². The van der Waals surface area contributed by atoms with Crippen LogP contribution in [0.4, 0.5) is 0 Å². The molecule has 166 valence electrons. The number of aromatic nitrogens is 1. The quantitative estimate of drug-likeness (QED) is 0.180. The summed E-state index contributed by atoms with van der Waals surface area (Å²) in [6, 6.07) is 7.99. The Morgan fingerprint density at radius 2 is 1.50 bits per heavy atom. The molecule has 4 heteroatoms. The number of para-hydroxylation sites is 1. The summed E-state index contributed by atoms with van der Waals surface area (Å²) in [5.74, 6) is 0.0534. The van der Waals surface area contributed by atoms with Gasteiger partial charge in [-0.2, -0.15) is 0 Å². The zero-order valence-electron chi connectivity index (χ0n) is 18.9. The minimum atomic E-state index is -0.170. The third-order valence-corrected chi connectivity index (χ3v) is 5.68. The van der Waals surface area contributed by atoms with E-state index >= 15 is 0 Å². The number of fused-ring (bicyclic) bond motifs is 1. The van der Waals surface area contributed by atoms with E-state index in [1.54, 1.807) is 0 Å². The number of hydrogen-bond acceptors (Lipinski definition) is 3. The third kappa shape index (κ3) is 7.97. The van der Waals surface area contributed by atoms with Crippen molar-refractivity contribution in [2.75, 3.05) is 6.61 Å². The summed E-state index contributed by atoms with van der Waals surface area (Å²) in [6.07, 6.45) is 13.6. The molecule has 0 spiro atoms. The van der Waals surface area contributed by atoms with Crippen LogP contribution >= 0.6 is 0 Å². The van der Waals surface area contributed by atoms with Gasteiger partial charge in [-0.25, -0.2) is 0 Å². The van der Waals surface area contributed by atoms with Crippen molar-refractivity contribution >= 4 is 22.7 Å². The summed E-state index contributed by atoms with van der Waals surface area (Å²) in [5.41, 5.74) is 2.79. The molecule has 0 aliphatic heterocycles. The molecule has 4 nitrogen and oxygen atoms in total. The molecule has 2 aromatic rings. The van der Waals surface area contributed by atoms with E-state index in [9.17, 15) is 9.59 Å². The van der Waals surface area contributed by atoms with Crippen LogP contribution in [0.2, 0.25) is 0 Å². The SMILES string of the molecule is CCCCCCCCCCCC(=O)c1c(CCCC(=O)OCC)[nH]c2ccccc12. The second-order valence-electron chi connectivity index (χ2n) is 8.18. The van der Waals surface area contributed by atoms with E-state index in [0.717, 1.165) is 35.0 Å². The molecule has 0 aliphatic carbocycles. The summed E-state index contributed by atoms with van der Waals surface area (Å²) in [7, 11) is 0. The van der Waals surface area contributed by atoms with Gasteiger partial charge in [0.25, 0.3) is 0 Å². The average Bonchev–Trinajstić information content (AvgIpc) is 3.11. The minimum absolute atomic E-state index is 0.170. The summed E-state index contributed by atoms with van der Waals surface area (Å²) in [5, 5.41) is 1.00. The number of nitrogens with one attached hydrogen (secondary N) is 1. The smallest absolute Gasteiger partial charge is 0.305 e. The predicted octanol–water partition coefficient (Wildman–Crippen LogP) is 7.16. The van der Waals surface area contributed by atoms with Gasteiger partial charge in [-0.3, -0.25) is 9.59 Å². The Balaban J connectivity index is 1.85. The van der Waals surface area contributed by atoms with Gasteiger partial charge in [0.1, 0.15) is 0 Å². The number of ether oxygens (including phenoxy) is 1. The molecule has 2 rings (SSSR count). The standard InChI is InChI=1S/C26H39NO3/c1-3-5-6-7-8-9-10-11-12-19-24(28)26-21-16-13-14-17-22(21)27-23(26)18-15-20-25(29)30-4-2/h13-14,16-17,27H,3-12,15,18-20H2,1-2H3. The first-order chi connectivity index (χ1) is 14.7. The maximum absolute atomic E-state index is 13.0. The average molecular weight is 414 g/mol. The molecule has 0 aliphatic rings. The summed E-state index contributed by atoms with van der Waals surface area (Å²) >= 11 is 0. The number of hydrogen-bond donors (Lipinski definition) is 1. The highest BCUT2D eigenvalue weighted by molar-refractivity contribution is 6.09. The summed E-state index contributed by atoms with van der Waals surface area (Å²) in [6.45, 7) is 4.48. The molecule has 0 atom stereocenters. The Labute approximate surface area is 181 Å². The van der Waals surface area contributed by atoms with Crippen LogP contribution in [0.15, 0.2) is 24.3 Å². The number of Topliss-reactive ketones (excluding diaryl/α,β-unsaturated/α-hetero) is 1. The lowest BCUT2D eigenvalue weighted by molar-refractivity contribution is -0.143. The maximum atomic E-state index is 13.0. The van der Waals surface area contributed by atoms with Crippen molar-refractivity contribution in [1.82, 2.24) is 4.98 Å². The number of H-pyrrole nitrogens is 1. The van der Waals surface area contributed by atoms with Gasteiger partial charge in [0.05, 0.1) is 6.61 Å². The highest BCUT2D eigenvalue weighted by Gasteiger charge is 2.18. The van der Waals surface area contributed by atoms with Crippen molar-refractivity contribution in [2.24, 2.45) is 0 Å². The lowest BCUT2D eigenvalue weighted by Crippen LogP contribution is -2.06. The molecule has 30 heavy (non-hydrogen) atoms. The molecule has 0 fully saturated rings. The zero-order chi connectivity index (χ0) is 21.6. The fourth-order valence-corrected chi connectivity index (χ4v) is 4.07. The van der Waals surface area contributed by atoms with Crippen LogP contribution in [0.25, 0.3) is 10.9 Å². The molecule has 0 unspecified atom stereocenters. The Kier molecular flexibility index (Phi) is 11.3. The Morgan fingerprint density at radius 3 is 2.20 bits per heavy atom. The van der Waals surface area contributed by atoms with Gasteiger partial charge in [0.15, 0.2) is 5.78 Å². The number of aromatic amines is 1. The van der Waals surface area contributed by atoms with E-state index in [1.807, 2.05) is 31.2 Å². The number of rotatable bonds is 16. The van der Waals surface area contributed by atoms with Gasteiger partial charge in [-0.05, 0) is 32.3 Å². The van der Waals surface area contributed by atoms with E-state index in [0.29, 0.717) is 32.3 Å². The Bertz CT molecular complexity index is 778. The maximum Gasteiger partial charge on any atom is 0.305 e. The molecular weight excluding hydrogens is 374 g/mol. The highest BCUT2D eigenvalue weighted by Crippen LogP contribution is 2.26. The zero-order valence-corrected chi connectivity index (χ0v) is 18.9. The van der Waals surface area contributed by atoms with E-state index < -0.39 is 0 Å². The molecule has 1 N–H and O–H groups in total. The molecule has 0 bridgehead atoms. The van der Waals surface area contributed by atoms with Crippen molar-refractivity contribution in [3.8, 4) is 0 Å². The molecule has 0 saturated heterocycles. The second-order valence-corrected chi connectivity index (χ2v) is 8.18. The third-order valence-electron chi connectivity index (χ3n) is 5.68. The number of aryl methyl sites for hydroxylation is 1. The first-order valence-electron chi connectivity index (χ1n) is 12.0. The van der Waals surface area contributed by atoms with Gasteiger partial charge in [-0.15, -0.1) is 0 Å². The van der Waals surface area contributed by atoms with Crippen LogP contribution < -0.4 is 0 Å². The minimum Gasteiger partial charge on any atom is -0.466 e. The molecule has 1 aromatic heterocycles. The first kappa shape index (κ1) is 24.2. The predicted molar refractivity (Wildman–Crippen MR) is 124 cm³/mol. The van der Waals surface area contributed by atoms with Crippen molar-refractivity contribution in [2.45, 2.75) is 97.3 Å². The number of unbranched alkanes of at least 4 members (excludes halogenated alkanes) is 8. The van der Waals surface area contributed by atoms with Gasteiger partial charge in [0, 0.05) is 35.0 Å². The number of ketones is 1. The number of carbonyl (C=O) groups is 2. The van der Waals surface area contributed by atoms with E-state index in [-0.39, 0.29) is 11.8 Å². The molecule has 0 amide bonds. The fraction of sp³-hybridized carbons (Fsp3) is 0.615. The van der Waals surface area contributed by atoms with Gasteiger partial charge in [-0.1, -0.05) is 76.5 Å². The molecular formula is C26H39NO3. The molecule has 1 heterocycles. The molecule has 0 radical (unpaired) electrons. The number of benzene rings is 1. The molecule has 1 aromatic carbocycles. The van der Waals surface area contributed by atoms with Crippen molar-refractivity contribution in [1.29, 1.82) is 0 Å². The van der Waals surface area contributed by atoms with Gasteiger partial charge >= 0.3 is 5.97 Å². The normalized spacial score (nSPS) is 11.1. The van der Waals surface area contributed by atoms with Crippen LogP contribution in [-0.2, 0) is 16.0 Å². The van der Waals surface area contributed by atoms with Crippen molar-refractivity contribution in [3.05, 3.63) is 35.5 Å². The second kappa shape index (κ2) is 14.0. The lowest BCUT2D eigenvalue weighted by atomic mass is 9.98. The van der Waals surface area contributed by atoms with Crippen LogP contribution in [-0.4, -0.2) is 23.3 Å². The number of esters is 1. The Morgan fingerprint density at radius 1 is 0.833 bits per heavy atom. The summed E-state index contributed by atoms with van der Waals surface area (Å²) < 4.78 is 5.01. The first-order valence-corrected chi connectivity index (χ1v) is 12.0. The van der Waals surface area contributed by atoms with Crippen molar-refractivity contribution < 1.29 is 14.3 Å². The fourth-order valence-electron chi connectivity index (χ4n) is 4.07. The highest BCUT2D eigenvalue weighted by atomic mass is 16.5. The van der Waals surface area contributed by atoms with Crippen molar-refractivity contribution in [3.63, 3.8) is 0 Å². The monoisotopic (exact) mass is 413 g/mol. The van der Waals surface area contributed by atoms with E-state index in [1.165, 1.54) is 44.9 Å².